The largest absolute Gasteiger partial charge is 0.329 e. The quantitative estimate of drug-likeness (QED) is 0.771. The Morgan fingerprint density at radius 1 is 1.33 bits per heavy atom. The van der Waals surface area contributed by atoms with Gasteiger partial charge in [0.25, 0.3) is 0 Å². The first-order valence-corrected chi connectivity index (χ1v) is 8.39. The predicted octanol–water partition coefficient (Wildman–Crippen LogP) is 4.24. The van der Waals surface area contributed by atoms with Gasteiger partial charge in [0, 0.05) is 18.6 Å². The fourth-order valence-corrected chi connectivity index (χ4v) is 3.87. The summed E-state index contributed by atoms with van der Waals surface area (Å²) in [6, 6.07) is 2.21. The van der Waals surface area contributed by atoms with Crippen molar-refractivity contribution in [3.63, 3.8) is 0 Å². The van der Waals surface area contributed by atoms with Crippen molar-refractivity contribution in [2.24, 2.45) is 5.73 Å². The molecule has 0 aromatic carbocycles. The number of hydrogen-bond donors (Lipinski definition) is 1. The molecule has 0 spiro atoms. The van der Waals surface area contributed by atoms with Gasteiger partial charge in [0.05, 0.1) is 3.79 Å². The van der Waals surface area contributed by atoms with Gasteiger partial charge in [0.2, 0.25) is 0 Å². The van der Waals surface area contributed by atoms with Crippen molar-refractivity contribution in [3.8, 4) is 0 Å². The zero-order valence-corrected chi connectivity index (χ0v) is 14.1. The number of nitrogens with two attached hydrogens (primary N) is 1. The molecular formula is C14H25BrN2S. The Balaban J connectivity index is 2.77. The van der Waals surface area contributed by atoms with Crippen LogP contribution in [0, 0.1) is 0 Å². The summed E-state index contributed by atoms with van der Waals surface area (Å²) >= 11 is 5.28. The molecule has 1 aromatic heterocycles. The number of likely N-dealkylation sites (N-methyl/N-ethyl adjacent to an activating group) is 1. The number of halogens is 1. The van der Waals surface area contributed by atoms with Crippen molar-refractivity contribution < 1.29 is 0 Å². The molecule has 2 N–H and O–H groups in total. The van der Waals surface area contributed by atoms with E-state index in [0.717, 1.165) is 13.1 Å². The Hall–Kier alpha value is 0.100. The van der Waals surface area contributed by atoms with Crippen molar-refractivity contribution in [3.05, 3.63) is 20.8 Å². The van der Waals surface area contributed by atoms with E-state index >= 15 is 0 Å². The van der Waals surface area contributed by atoms with Crippen LogP contribution in [-0.4, -0.2) is 24.0 Å². The minimum Gasteiger partial charge on any atom is -0.329 e. The summed E-state index contributed by atoms with van der Waals surface area (Å²) in [7, 11) is 2.21. The average Bonchev–Trinajstić information content (AvgIpc) is 2.74. The fraction of sp³-hybridized carbons (Fsp3) is 0.714. The molecular weight excluding hydrogens is 308 g/mol. The Morgan fingerprint density at radius 3 is 2.33 bits per heavy atom. The minimum atomic E-state index is 0.165. The van der Waals surface area contributed by atoms with E-state index in [1.807, 2.05) is 0 Å². The smallest absolute Gasteiger partial charge is 0.0701 e. The molecule has 104 valence electrons. The highest BCUT2D eigenvalue weighted by molar-refractivity contribution is 9.11. The Kier molecular flexibility index (Phi) is 6.85. The molecule has 0 aliphatic rings. The summed E-state index contributed by atoms with van der Waals surface area (Å²) in [5.74, 6) is 0. The average molecular weight is 333 g/mol. The number of hydrogen-bond acceptors (Lipinski definition) is 3. The van der Waals surface area contributed by atoms with E-state index < -0.39 is 0 Å². The van der Waals surface area contributed by atoms with Crippen LogP contribution in [0.25, 0.3) is 0 Å². The summed E-state index contributed by atoms with van der Waals surface area (Å²) < 4.78 is 1.20. The lowest BCUT2D eigenvalue weighted by molar-refractivity contribution is 0.0957. The third-order valence-corrected chi connectivity index (χ3v) is 5.22. The molecule has 0 unspecified atom stereocenters. The highest BCUT2D eigenvalue weighted by atomic mass is 79.9. The van der Waals surface area contributed by atoms with Gasteiger partial charge >= 0.3 is 0 Å². The van der Waals surface area contributed by atoms with E-state index in [1.54, 1.807) is 11.3 Å². The van der Waals surface area contributed by atoms with Crippen LogP contribution in [0.1, 0.15) is 45.1 Å². The fourth-order valence-electron chi connectivity index (χ4n) is 2.67. The molecule has 4 heteroatoms. The third kappa shape index (κ3) is 4.05. The van der Waals surface area contributed by atoms with Crippen LogP contribution in [0.5, 0.6) is 0 Å². The van der Waals surface area contributed by atoms with Crippen LogP contribution in [-0.2, 0) is 6.54 Å². The van der Waals surface area contributed by atoms with Crippen molar-refractivity contribution in [2.75, 3.05) is 13.6 Å². The lowest BCUT2D eigenvalue weighted by atomic mass is 9.87. The minimum absolute atomic E-state index is 0.165. The maximum atomic E-state index is 6.09. The maximum absolute atomic E-state index is 6.09. The van der Waals surface area contributed by atoms with Gasteiger partial charge in [0.1, 0.15) is 0 Å². The number of thiophene rings is 1. The van der Waals surface area contributed by atoms with Crippen molar-refractivity contribution in [1.82, 2.24) is 4.90 Å². The van der Waals surface area contributed by atoms with E-state index in [-0.39, 0.29) is 5.54 Å². The molecule has 1 aromatic rings. The lowest BCUT2D eigenvalue weighted by Crippen LogP contribution is -2.51. The number of rotatable bonds is 8. The molecule has 0 bridgehead atoms. The summed E-state index contributed by atoms with van der Waals surface area (Å²) in [5, 5.41) is 2.22. The normalized spacial score (nSPS) is 12.3. The molecule has 0 amide bonds. The van der Waals surface area contributed by atoms with Gasteiger partial charge in [-0.1, -0.05) is 26.7 Å². The summed E-state index contributed by atoms with van der Waals surface area (Å²) in [5.41, 5.74) is 7.63. The van der Waals surface area contributed by atoms with Crippen LogP contribution in [0.3, 0.4) is 0 Å². The zero-order valence-electron chi connectivity index (χ0n) is 11.7. The monoisotopic (exact) mass is 332 g/mol. The van der Waals surface area contributed by atoms with Gasteiger partial charge in [-0.05, 0) is 52.8 Å². The molecule has 18 heavy (non-hydrogen) atoms. The van der Waals surface area contributed by atoms with Crippen molar-refractivity contribution in [1.29, 1.82) is 0 Å². The van der Waals surface area contributed by atoms with Crippen molar-refractivity contribution >= 4 is 27.3 Å². The molecule has 0 fully saturated rings. The van der Waals surface area contributed by atoms with E-state index in [0.29, 0.717) is 0 Å². The standard InChI is InChI=1S/C14H25BrN2S/c1-4-6-14(11-16,7-5-2)17(3)9-12-8-13(15)18-10-12/h8,10H,4-7,9,11,16H2,1-3H3. The number of nitrogens with zero attached hydrogens (tertiary/aromatic N) is 1. The zero-order chi connectivity index (χ0) is 13.6. The second kappa shape index (κ2) is 7.63. The molecule has 0 atom stereocenters. The second-order valence-corrected chi connectivity index (χ2v) is 7.33. The Labute approximate surface area is 124 Å². The summed E-state index contributed by atoms with van der Waals surface area (Å²) in [6.45, 7) is 6.22. The molecule has 0 saturated heterocycles. The second-order valence-electron chi connectivity index (χ2n) is 5.04. The third-order valence-electron chi connectivity index (χ3n) is 3.66. The van der Waals surface area contributed by atoms with Gasteiger partial charge < -0.3 is 5.73 Å². The van der Waals surface area contributed by atoms with Gasteiger partial charge in [-0.25, -0.2) is 0 Å². The predicted molar refractivity (Wildman–Crippen MR) is 85.1 cm³/mol. The van der Waals surface area contributed by atoms with Gasteiger partial charge in [0.15, 0.2) is 0 Å². The van der Waals surface area contributed by atoms with Crippen LogP contribution in [0.15, 0.2) is 15.2 Å². The van der Waals surface area contributed by atoms with Gasteiger partial charge in [-0.15, -0.1) is 11.3 Å². The van der Waals surface area contributed by atoms with Gasteiger partial charge in [-0.2, -0.15) is 0 Å². The lowest BCUT2D eigenvalue weighted by Gasteiger charge is -2.41. The Bertz CT molecular complexity index is 345. The topological polar surface area (TPSA) is 29.3 Å². The van der Waals surface area contributed by atoms with Crippen LogP contribution < -0.4 is 5.73 Å². The highest BCUT2D eigenvalue weighted by Gasteiger charge is 2.31. The molecule has 0 saturated carbocycles. The van der Waals surface area contributed by atoms with Gasteiger partial charge in [-0.3, -0.25) is 4.90 Å². The molecule has 0 aliphatic carbocycles. The van der Waals surface area contributed by atoms with E-state index in [4.69, 9.17) is 5.73 Å². The first kappa shape index (κ1) is 16.2. The highest BCUT2D eigenvalue weighted by Crippen LogP contribution is 2.28. The van der Waals surface area contributed by atoms with Crippen LogP contribution in [0.4, 0.5) is 0 Å². The molecule has 2 nitrogen and oxygen atoms in total. The molecule has 1 heterocycles. The summed E-state index contributed by atoms with van der Waals surface area (Å²) in [6.07, 6.45) is 4.74. The molecule has 0 aliphatic heterocycles. The molecule has 0 radical (unpaired) electrons. The van der Waals surface area contributed by atoms with Crippen LogP contribution >= 0.6 is 27.3 Å². The SMILES string of the molecule is CCCC(CN)(CCC)N(C)Cc1csc(Br)c1. The van der Waals surface area contributed by atoms with E-state index in [2.05, 4.69) is 53.2 Å². The summed E-state index contributed by atoms with van der Waals surface area (Å²) in [4.78, 5) is 2.45. The maximum Gasteiger partial charge on any atom is 0.0701 e. The first-order chi connectivity index (χ1) is 8.57. The van der Waals surface area contributed by atoms with Crippen LogP contribution in [0.2, 0.25) is 0 Å². The first-order valence-electron chi connectivity index (χ1n) is 6.72. The molecule has 1 rings (SSSR count). The van der Waals surface area contributed by atoms with E-state index in [1.165, 1.54) is 35.0 Å². The van der Waals surface area contributed by atoms with E-state index in [9.17, 15) is 0 Å². The van der Waals surface area contributed by atoms with Crippen molar-refractivity contribution in [2.45, 2.75) is 51.6 Å². The Morgan fingerprint density at radius 2 is 1.94 bits per heavy atom.